The predicted molar refractivity (Wildman–Crippen MR) is 76.6 cm³/mol. The Balaban J connectivity index is 2.19. The average molecular weight is 267 g/mol. The molecule has 0 heterocycles. The Morgan fingerprint density at radius 3 is 2.61 bits per heavy atom. The number of nitrogens with one attached hydrogen (secondary N) is 2. The summed E-state index contributed by atoms with van der Waals surface area (Å²) in [5.41, 5.74) is 1.25. The van der Waals surface area contributed by atoms with Crippen LogP contribution in [0.2, 0.25) is 0 Å². The molecule has 0 unspecified atom stereocenters. The Kier molecular flexibility index (Phi) is 3.65. The summed E-state index contributed by atoms with van der Waals surface area (Å²) in [6.45, 7) is 0.780. The predicted octanol–water partition coefficient (Wildman–Crippen LogP) is 2.94. The molecule has 1 aliphatic carbocycles. The van der Waals surface area contributed by atoms with Gasteiger partial charge < -0.3 is 10.6 Å². The number of rotatable bonds is 6. The molecule has 98 valence electrons. The second-order valence-corrected chi connectivity index (χ2v) is 5.72. The molecule has 2 N–H and O–H groups in total. The molecule has 5 nitrogen and oxygen atoms in total. The number of anilines is 2. The molecule has 1 fully saturated rings. The zero-order chi connectivity index (χ0) is 13.2. The molecule has 6 heteroatoms. The summed E-state index contributed by atoms with van der Waals surface area (Å²) in [6.07, 6.45) is 4.45. The molecule has 18 heavy (non-hydrogen) atoms. The first kappa shape index (κ1) is 13.0. The van der Waals surface area contributed by atoms with E-state index in [1.807, 2.05) is 17.8 Å². The van der Waals surface area contributed by atoms with E-state index in [0.29, 0.717) is 11.4 Å². The third-order valence-corrected chi connectivity index (χ3v) is 4.75. The maximum Gasteiger partial charge on any atom is 0.315 e. The lowest BCUT2D eigenvalue weighted by molar-refractivity contribution is -0.383. The summed E-state index contributed by atoms with van der Waals surface area (Å²) in [4.78, 5) is 10.8. The zero-order valence-corrected chi connectivity index (χ0v) is 11.3. The first-order chi connectivity index (χ1) is 8.62. The fraction of sp³-hybridized carbons (Fsp3) is 0.500. The average Bonchev–Trinajstić information content (AvgIpc) is 3.16. The smallest absolute Gasteiger partial charge is 0.315 e. The third-order valence-electron chi connectivity index (χ3n) is 3.33. The first-order valence-electron chi connectivity index (χ1n) is 5.86. The Labute approximate surface area is 110 Å². The van der Waals surface area contributed by atoms with E-state index in [1.165, 1.54) is 12.8 Å². The lowest BCUT2D eigenvalue weighted by Gasteiger charge is -2.15. The van der Waals surface area contributed by atoms with Crippen LogP contribution in [0.1, 0.15) is 12.8 Å². The van der Waals surface area contributed by atoms with Crippen LogP contribution in [0.5, 0.6) is 0 Å². The van der Waals surface area contributed by atoms with E-state index in [0.717, 1.165) is 6.54 Å². The van der Waals surface area contributed by atoms with E-state index in [2.05, 4.69) is 16.9 Å². The van der Waals surface area contributed by atoms with Gasteiger partial charge in [-0.3, -0.25) is 10.1 Å². The van der Waals surface area contributed by atoms with Gasteiger partial charge in [-0.15, -0.1) is 0 Å². The van der Waals surface area contributed by atoms with Crippen LogP contribution in [0.25, 0.3) is 0 Å². The van der Waals surface area contributed by atoms with Crippen molar-refractivity contribution in [1.82, 2.24) is 0 Å². The highest BCUT2D eigenvalue weighted by Crippen LogP contribution is 2.47. The second-order valence-electron chi connectivity index (χ2n) is 4.45. The van der Waals surface area contributed by atoms with Gasteiger partial charge in [0.15, 0.2) is 0 Å². The van der Waals surface area contributed by atoms with Crippen molar-refractivity contribution in [3.63, 3.8) is 0 Å². The zero-order valence-electron chi connectivity index (χ0n) is 10.5. The Hall–Kier alpha value is -1.43. The monoisotopic (exact) mass is 267 g/mol. The third kappa shape index (κ3) is 2.53. The summed E-state index contributed by atoms with van der Waals surface area (Å²) in [7, 11) is 1.69. The summed E-state index contributed by atoms with van der Waals surface area (Å²) < 4.78 is 0.281. The van der Waals surface area contributed by atoms with E-state index in [9.17, 15) is 10.1 Å². The number of hydrogen-bond donors (Lipinski definition) is 2. The number of nitro benzene ring substituents is 1. The Morgan fingerprint density at radius 1 is 1.44 bits per heavy atom. The molecule has 0 aromatic heterocycles. The molecular formula is C12H17N3O2S. The maximum atomic E-state index is 11.1. The van der Waals surface area contributed by atoms with Gasteiger partial charge in [0.25, 0.3) is 0 Å². The van der Waals surface area contributed by atoms with Gasteiger partial charge >= 0.3 is 5.69 Å². The standard InChI is InChI=1S/C12H17N3O2S/c1-13-9-4-3-5-10(11(9)15(16)17)14-8-12(18-2)6-7-12/h3-5,13-14H,6-8H2,1-2H3. The fourth-order valence-electron chi connectivity index (χ4n) is 1.93. The van der Waals surface area contributed by atoms with Crippen molar-refractivity contribution in [3.05, 3.63) is 28.3 Å². The molecule has 0 atom stereocenters. The normalized spacial score (nSPS) is 16.1. The Bertz CT molecular complexity index is 461. The molecule has 1 saturated carbocycles. The maximum absolute atomic E-state index is 11.1. The first-order valence-corrected chi connectivity index (χ1v) is 7.08. The number of thioether (sulfide) groups is 1. The van der Waals surface area contributed by atoms with Crippen molar-refractivity contribution in [2.24, 2.45) is 0 Å². The lowest BCUT2D eigenvalue weighted by Crippen LogP contribution is -2.18. The fourth-order valence-corrected chi connectivity index (χ4v) is 2.66. The van der Waals surface area contributed by atoms with Gasteiger partial charge in [0, 0.05) is 18.3 Å². The minimum Gasteiger partial charge on any atom is -0.382 e. The van der Waals surface area contributed by atoms with Crippen LogP contribution in [-0.4, -0.2) is 29.5 Å². The van der Waals surface area contributed by atoms with Crippen LogP contribution in [0.15, 0.2) is 18.2 Å². The number of benzene rings is 1. The SMILES string of the molecule is CNc1cccc(NCC2(SC)CC2)c1[N+](=O)[O-]. The molecule has 1 aliphatic rings. The van der Waals surface area contributed by atoms with Crippen LogP contribution in [0.4, 0.5) is 17.1 Å². The summed E-state index contributed by atoms with van der Waals surface area (Å²) >= 11 is 1.83. The molecule has 0 saturated heterocycles. The van der Waals surface area contributed by atoms with Crippen LogP contribution < -0.4 is 10.6 Å². The number of nitrogens with zero attached hydrogens (tertiary/aromatic N) is 1. The van der Waals surface area contributed by atoms with E-state index in [1.54, 1.807) is 19.2 Å². The van der Waals surface area contributed by atoms with Crippen molar-refractivity contribution in [3.8, 4) is 0 Å². The highest BCUT2D eigenvalue weighted by Gasteiger charge is 2.41. The van der Waals surface area contributed by atoms with E-state index >= 15 is 0 Å². The van der Waals surface area contributed by atoms with Gasteiger partial charge in [0.1, 0.15) is 11.4 Å². The van der Waals surface area contributed by atoms with E-state index in [4.69, 9.17) is 0 Å². The van der Waals surface area contributed by atoms with E-state index < -0.39 is 0 Å². The minimum absolute atomic E-state index is 0.122. The molecule has 1 aromatic carbocycles. The summed E-state index contributed by atoms with van der Waals surface area (Å²) in [5, 5.41) is 17.2. The van der Waals surface area contributed by atoms with Crippen molar-refractivity contribution in [2.75, 3.05) is 30.5 Å². The molecule has 0 bridgehead atoms. The van der Waals surface area contributed by atoms with Gasteiger partial charge in [-0.25, -0.2) is 0 Å². The van der Waals surface area contributed by atoms with Gasteiger partial charge in [0.05, 0.1) is 4.92 Å². The van der Waals surface area contributed by atoms with Crippen molar-refractivity contribution >= 4 is 28.8 Å². The van der Waals surface area contributed by atoms with Crippen molar-refractivity contribution < 1.29 is 4.92 Å². The Morgan fingerprint density at radius 2 is 2.11 bits per heavy atom. The molecule has 2 rings (SSSR count). The highest BCUT2D eigenvalue weighted by molar-refractivity contribution is 8.00. The van der Waals surface area contributed by atoms with Crippen LogP contribution >= 0.6 is 11.8 Å². The lowest BCUT2D eigenvalue weighted by atomic mass is 10.2. The molecule has 1 aromatic rings. The minimum atomic E-state index is -0.340. The molecule has 0 aliphatic heterocycles. The molecular weight excluding hydrogens is 250 g/mol. The summed E-state index contributed by atoms with van der Waals surface area (Å²) in [5.74, 6) is 0. The molecule has 0 spiro atoms. The van der Waals surface area contributed by atoms with E-state index in [-0.39, 0.29) is 15.4 Å². The molecule has 0 amide bonds. The van der Waals surface area contributed by atoms with Crippen LogP contribution in [0.3, 0.4) is 0 Å². The van der Waals surface area contributed by atoms with Crippen molar-refractivity contribution in [1.29, 1.82) is 0 Å². The van der Waals surface area contributed by atoms with Gasteiger partial charge in [-0.2, -0.15) is 11.8 Å². The largest absolute Gasteiger partial charge is 0.382 e. The van der Waals surface area contributed by atoms with Crippen LogP contribution in [-0.2, 0) is 0 Å². The number of nitro groups is 1. The quantitative estimate of drug-likeness (QED) is 0.612. The van der Waals surface area contributed by atoms with Gasteiger partial charge in [-0.1, -0.05) is 6.07 Å². The van der Waals surface area contributed by atoms with Crippen molar-refractivity contribution in [2.45, 2.75) is 17.6 Å². The highest BCUT2D eigenvalue weighted by atomic mass is 32.2. The second kappa shape index (κ2) is 5.06. The number of hydrogen-bond acceptors (Lipinski definition) is 5. The number of para-hydroxylation sites is 1. The topological polar surface area (TPSA) is 67.2 Å². The molecule has 0 radical (unpaired) electrons. The van der Waals surface area contributed by atoms with Crippen LogP contribution in [0, 0.1) is 10.1 Å². The van der Waals surface area contributed by atoms with Gasteiger partial charge in [0.2, 0.25) is 0 Å². The summed E-state index contributed by atoms with van der Waals surface area (Å²) in [6, 6.07) is 5.29. The van der Waals surface area contributed by atoms with Gasteiger partial charge in [-0.05, 0) is 31.2 Å².